The highest BCUT2D eigenvalue weighted by molar-refractivity contribution is 7.90. The Morgan fingerprint density at radius 2 is 1.71 bits per heavy atom. The SMILES string of the molecule is CS(=O)(=O)c1ccc(Nc2ccc3c(c2)CN(c2ccc(Cl)c(Cl)c2)C3)c(C(=O)O)c1. The predicted molar refractivity (Wildman–Crippen MR) is 123 cm³/mol. The van der Waals surface area contributed by atoms with Gasteiger partial charge in [-0.1, -0.05) is 29.3 Å². The molecule has 2 N–H and O–H groups in total. The van der Waals surface area contributed by atoms with Crippen LogP contribution in [0.25, 0.3) is 0 Å². The molecule has 6 nitrogen and oxygen atoms in total. The number of halogens is 2. The summed E-state index contributed by atoms with van der Waals surface area (Å²) in [7, 11) is -3.51. The van der Waals surface area contributed by atoms with E-state index in [9.17, 15) is 18.3 Å². The Morgan fingerprint density at radius 1 is 0.968 bits per heavy atom. The molecule has 1 heterocycles. The summed E-state index contributed by atoms with van der Waals surface area (Å²) in [5.74, 6) is -1.21. The Bertz CT molecular complexity index is 1310. The molecule has 0 bridgehead atoms. The van der Waals surface area contributed by atoms with Crippen LogP contribution in [-0.4, -0.2) is 25.7 Å². The fraction of sp³-hybridized carbons (Fsp3) is 0.136. The van der Waals surface area contributed by atoms with Crippen molar-refractivity contribution in [2.75, 3.05) is 16.5 Å². The molecule has 0 amide bonds. The molecule has 0 spiro atoms. The molecule has 31 heavy (non-hydrogen) atoms. The van der Waals surface area contributed by atoms with Crippen molar-refractivity contribution in [2.24, 2.45) is 0 Å². The highest BCUT2D eigenvalue weighted by atomic mass is 35.5. The molecule has 0 unspecified atom stereocenters. The number of hydrogen-bond donors (Lipinski definition) is 2. The molecule has 3 aromatic rings. The van der Waals surface area contributed by atoms with Crippen LogP contribution in [0.15, 0.2) is 59.5 Å². The maximum atomic E-state index is 11.8. The first-order valence-electron chi connectivity index (χ1n) is 9.28. The summed E-state index contributed by atoms with van der Waals surface area (Å²) in [5.41, 5.74) is 4.14. The van der Waals surface area contributed by atoms with Crippen molar-refractivity contribution in [1.29, 1.82) is 0 Å². The smallest absolute Gasteiger partial charge is 0.337 e. The average Bonchev–Trinajstić information content (AvgIpc) is 3.12. The predicted octanol–water partition coefficient (Wildman–Crippen LogP) is 5.36. The van der Waals surface area contributed by atoms with Crippen molar-refractivity contribution in [1.82, 2.24) is 0 Å². The van der Waals surface area contributed by atoms with Gasteiger partial charge in [0.1, 0.15) is 0 Å². The lowest BCUT2D eigenvalue weighted by atomic mass is 10.1. The van der Waals surface area contributed by atoms with Gasteiger partial charge in [0.2, 0.25) is 0 Å². The minimum absolute atomic E-state index is 0.0401. The van der Waals surface area contributed by atoms with Crippen molar-refractivity contribution >= 4 is 56.1 Å². The van der Waals surface area contributed by atoms with Crippen LogP contribution >= 0.6 is 23.2 Å². The number of rotatable bonds is 5. The number of fused-ring (bicyclic) bond motifs is 1. The highest BCUT2D eigenvalue weighted by Gasteiger charge is 2.21. The monoisotopic (exact) mass is 476 g/mol. The van der Waals surface area contributed by atoms with E-state index < -0.39 is 15.8 Å². The number of nitrogens with one attached hydrogen (secondary N) is 1. The Kier molecular flexibility index (Phi) is 5.60. The van der Waals surface area contributed by atoms with E-state index in [4.69, 9.17) is 23.2 Å². The number of benzene rings is 3. The van der Waals surface area contributed by atoms with Crippen molar-refractivity contribution < 1.29 is 18.3 Å². The Morgan fingerprint density at radius 3 is 2.39 bits per heavy atom. The molecule has 0 saturated carbocycles. The van der Waals surface area contributed by atoms with Crippen LogP contribution in [0.2, 0.25) is 10.0 Å². The quantitative estimate of drug-likeness (QED) is 0.515. The van der Waals surface area contributed by atoms with Gasteiger partial charge in [0.15, 0.2) is 9.84 Å². The summed E-state index contributed by atoms with van der Waals surface area (Å²) < 4.78 is 23.5. The van der Waals surface area contributed by atoms with E-state index in [0.29, 0.717) is 28.0 Å². The summed E-state index contributed by atoms with van der Waals surface area (Å²) in [5, 5.41) is 13.6. The van der Waals surface area contributed by atoms with E-state index in [-0.39, 0.29) is 10.5 Å². The van der Waals surface area contributed by atoms with E-state index in [1.807, 2.05) is 30.3 Å². The second-order valence-corrected chi connectivity index (χ2v) is 10.2. The zero-order chi connectivity index (χ0) is 22.3. The molecule has 0 atom stereocenters. The lowest BCUT2D eigenvalue weighted by Gasteiger charge is -2.18. The number of aromatic carboxylic acids is 1. The van der Waals surface area contributed by atoms with Gasteiger partial charge in [0, 0.05) is 30.7 Å². The number of anilines is 3. The fourth-order valence-corrected chi connectivity index (χ4v) is 4.47. The third-order valence-electron chi connectivity index (χ3n) is 5.13. The zero-order valence-corrected chi connectivity index (χ0v) is 18.7. The number of nitrogens with zero attached hydrogens (tertiary/aromatic N) is 1. The summed E-state index contributed by atoms with van der Waals surface area (Å²) >= 11 is 12.2. The van der Waals surface area contributed by atoms with Gasteiger partial charge in [0.25, 0.3) is 0 Å². The molecule has 3 aromatic carbocycles. The van der Waals surface area contributed by atoms with E-state index in [2.05, 4.69) is 10.2 Å². The van der Waals surface area contributed by atoms with Gasteiger partial charge in [0.05, 0.1) is 26.2 Å². The van der Waals surface area contributed by atoms with Gasteiger partial charge in [-0.05, 0) is 59.7 Å². The Labute approximate surface area is 189 Å². The largest absolute Gasteiger partial charge is 0.478 e. The molecule has 9 heteroatoms. The van der Waals surface area contributed by atoms with E-state index in [0.717, 1.165) is 29.6 Å². The van der Waals surface area contributed by atoms with Crippen LogP contribution in [-0.2, 0) is 22.9 Å². The van der Waals surface area contributed by atoms with E-state index >= 15 is 0 Å². The van der Waals surface area contributed by atoms with Gasteiger partial charge in [-0.3, -0.25) is 0 Å². The molecular weight excluding hydrogens is 459 g/mol. The molecule has 0 radical (unpaired) electrons. The van der Waals surface area contributed by atoms with Crippen LogP contribution in [0, 0.1) is 0 Å². The van der Waals surface area contributed by atoms with E-state index in [1.54, 1.807) is 6.07 Å². The third kappa shape index (κ3) is 4.49. The molecule has 0 fully saturated rings. The summed E-state index contributed by atoms with van der Waals surface area (Å²) in [6, 6.07) is 15.4. The Balaban J connectivity index is 1.59. The van der Waals surface area contributed by atoms with Gasteiger partial charge in [-0.2, -0.15) is 0 Å². The van der Waals surface area contributed by atoms with Crippen LogP contribution < -0.4 is 10.2 Å². The van der Waals surface area contributed by atoms with Crippen LogP contribution in [0.3, 0.4) is 0 Å². The summed E-state index contributed by atoms with van der Waals surface area (Å²) in [6.07, 6.45) is 1.04. The van der Waals surface area contributed by atoms with Gasteiger partial charge in [-0.25, -0.2) is 13.2 Å². The molecule has 0 aromatic heterocycles. The first-order chi connectivity index (χ1) is 14.6. The number of carboxylic acid groups (broad SMARTS) is 1. The summed E-state index contributed by atoms with van der Waals surface area (Å²) in [6.45, 7) is 1.39. The highest BCUT2D eigenvalue weighted by Crippen LogP contribution is 2.34. The molecule has 1 aliphatic heterocycles. The van der Waals surface area contributed by atoms with Crippen LogP contribution in [0.5, 0.6) is 0 Å². The van der Waals surface area contributed by atoms with Crippen molar-refractivity contribution in [3.63, 3.8) is 0 Å². The van der Waals surface area contributed by atoms with Crippen LogP contribution in [0.4, 0.5) is 17.1 Å². The molecule has 4 rings (SSSR count). The molecule has 0 saturated heterocycles. The lowest BCUT2D eigenvalue weighted by Crippen LogP contribution is -2.14. The Hall–Kier alpha value is -2.74. The van der Waals surface area contributed by atoms with Gasteiger partial charge in [-0.15, -0.1) is 0 Å². The van der Waals surface area contributed by atoms with Crippen molar-refractivity contribution in [3.8, 4) is 0 Å². The maximum absolute atomic E-state index is 11.8. The molecule has 1 aliphatic rings. The van der Waals surface area contributed by atoms with Gasteiger partial charge < -0.3 is 15.3 Å². The number of hydrogen-bond acceptors (Lipinski definition) is 5. The second kappa shape index (κ2) is 8.07. The van der Waals surface area contributed by atoms with Crippen molar-refractivity contribution in [3.05, 3.63) is 81.3 Å². The normalized spacial score (nSPS) is 13.2. The lowest BCUT2D eigenvalue weighted by molar-refractivity contribution is 0.0697. The van der Waals surface area contributed by atoms with Gasteiger partial charge >= 0.3 is 5.97 Å². The fourth-order valence-electron chi connectivity index (χ4n) is 3.53. The minimum Gasteiger partial charge on any atom is -0.478 e. The first kappa shape index (κ1) is 21.5. The maximum Gasteiger partial charge on any atom is 0.337 e. The molecule has 0 aliphatic carbocycles. The minimum atomic E-state index is -3.51. The number of sulfone groups is 1. The first-order valence-corrected chi connectivity index (χ1v) is 11.9. The second-order valence-electron chi connectivity index (χ2n) is 7.35. The van der Waals surface area contributed by atoms with E-state index in [1.165, 1.54) is 18.2 Å². The van der Waals surface area contributed by atoms with Crippen LogP contribution in [0.1, 0.15) is 21.5 Å². The molecule has 160 valence electrons. The molecular formula is C22H18Cl2N2O4S. The summed E-state index contributed by atoms with van der Waals surface area (Å²) in [4.78, 5) is 13.8. The standard InChI is InChI=1S/C22H18Cl2N2O4S/c1-31(29,30)17-5-7-21(18(10-17)22(27)28)25-15-3-2-13-11-26(12-14(13)8-15)16-4-6-19(23)20(24)9-16/h2-10,25H,11-12H2,1H3,(H,27,28). The zero-order valence-electron chi connectivity index (χ0n) is 16.4. The topological polar surface area (TPSA) is 86.7 Å². The average molecular weight is 477 g/mol. The van der Waals surface area contributed by atoms with Crippen molar-refractivity contribution in [2.45, 2.75) is 18.0 Å². The number of carboxylic acids is 1. The third-order valence-corrected chi connectivity index (χ3v) is 6.97. The number of carbonyl (C=O) groups is 1.